The molecule has 1 aromatic heterocycles. The van der Waals surface area contributed by atoms with Crippen LogP contribution >= 0.6 is 27.3 Å². The summed E-state index contributed by atoms with van der Waals surface area (Å²) in [5.74, 6) is -0.0283. The second-order valence-electron chi connectivity index (χ2n) is 4.56. The number of halogens is 1. The largest absolute Gasteiger partial charge is 0.306 e. The summed E-state index contributed by atoms with van der Waals surface area (Å²) in [4.78, 5) is 12.0. The van der Waals surface area contributed by atoms with Crippen LogP contribution in [0.5, 0.6) is 0 Å². The Morgan fingerprint density at radius 2 is 2.35 bits per heavy atom. The van der Waals surface area contributed by atoms with E-state index < -0.39 is 0 Å². The van der Waals surface area contributed by atoms with Gasteiger partial charge in [0, 0.05) is 10.0 Å². The molecule has 1 amide bonds. The van der Waals surface area contributed by atoms with Gasteiger partial charge in [-0.05, 0) is 31.5 Å². The topological polar surface area (TPSA) is 66.9 Å². The molecule has 2 aromatic rings. The lowest BCUT2D eigenvalue weighted by atomic mass is 10.2. The van der Waals surface area contributed by atoms with Crippen molar-refractivity contribution in [3.63, 3.8) is 0 Å². The molecule has 1 fully saturated rings. The highest BCUT2D eigenvalue weighted by molar-refractivity contribution is 9.10. The minimum Gasteiger partial charge on any atom is -0.306 e. The maximum absolute atomic E-state index is 12.0. The average Bonchev–Trinajstić information content (AvgIpc) is 3.10. The number of rotatable bonds is 3. The van der Waals surface area contributed by atoms with E-state index in [0.29, 0.717) is 5.13 Å². The normalized spacial score (nSPS) is 18.1. The Bertz CT molecular complexity index is 624. The predicted molar refractivity (Wildman–Crippen MR) is 82.7 cm³/mol. The molecule has 0 unspecified atom stereocenters. The third-order valence-electron chi connectivity index (χ3n) is 3.10. The summed E-state index contributed by atoms with van der Waals surface area (Å²) in [6, 6.07) is 7.74. The van der Waals surface area contributed by atoms with Gasteiger partial charge in [-0.25, -0.2) is 0 Å². The van der Waals surface area contributed by atoms with Gasteiger partial charge in [0.05, 0.1) is 6.04 Å². The molecule has 2 N–H and O–H groups in total. The molecular weight excluding hydrogens is 340 g/mol. The Kier molecular flexibility index (Phi) is 4.09. The summed E-state index contributed by atoms with van der Waals surface area (Å²) >= 11 is 4.81. The minimum absolute atomic E-state index is 0.0283. The monoisotopic (exact) mass is 352 g/mol. The van der Waals surface area contributed by atoms with E-state index in [1.165, 1.54) is 11.3 Å². The van der Waals surface area contributed by atoms with Gasteiger partial charge in [0.15, 0.2) is 0 Å². The number of carbonyl (C=O) groups excluding carboxylic acids is 1. The van der Waals surface area contributed by atoms with Crippen molar-refractivity contribution in [2.75, 3.05) is 11.9 Å². The molecule has 20 heavy (non-hydrogen) atoms. The maximum atomic E-state index is 12.0. The summed E-state index contributed by atoms with van der Waals surface area (Å²) in [5, 5.41) is 15.5. The molecule has 1 aromatic carbocycles. The highest BCUT2D eigenvalue weighted by Crippen LogP contribution is 2.28. The lowest BCUT2D eigenvalue weighted by Crippen LogP contribution is -2.35. The van der Waals surface area contributed by atoms with Gasteiger partial charge in [0.1, 0.15) is 5.01 Å². The number of amides is 1. The molecular formula is C13H13BrN4OS. The number of hydrogen-bond acceptors (Lipinski definition) is 5. The number of benzene rings is 1. The van der Waals surface area contributed by atoms with E-state index in [-0.39, 0.29) is 11.9 Å². The van der Waals surface area contributed by atoms with E-state index >= 15 is 0 Å². The van der Waals surface area contributed by atoms with Gasteiger partial charge < -0.3 is 5.32 Å². The first-order valence-corrected chi connectivity index (χ1v) is 7.97. The zero-order valence-corrected chi connectivity index (χ0v) is 13.0. The first-order chi connectivity index (χ1) is 9.72. The molecule has 5 nitrogen and oxygen atoms in total. The van der Waals surface area contributed by atoms with Crippen molar-refractivity contribution in [3.8, 4) is 10.6 Å². The summed E-state index contributed by atoms with van der Waals surface area (Å²) in [6.45, 7) is 0.900. The van der Waals surface area contributed by atoms with E-state index in [9.17, 15) is 4.79 Å². The lowest BCUT2D eigenvalue weighted by molar-refractivity contribution is -0.117. The zero-order valence-electron chi connectivity index (χ0n) is 10.6. The van der Waals surface area contributed by atoms with E-state index in [0.717, 1.165) is 34.4 Å². The Morgan fingerprint density at radius 3 is 3.10 bits per heavy atom. The first kappa shape index (κ1) is 13.7. The van der Waals surface area contributed by atoms with Crippen molar-refractivity contribution in [2.24, 2.45) is 0 Å². The predicted octanol–water partition coefficient (Wildman–Crippen LogP) is 2.66. The van der Waals surface area contributed by atoms with Gasteiger partial charge in [-0.3, -0.25) is 10.1 Å². The fourth-order valence-corrected chi connectivity index (χ4v) is 3.25. The summed E-state index contributed by atoms with van der Waals surface area (Å²) in [6.07, 6.45) is 1.92. The van der Waals surface area contributed by atoms with Crippen LogP contribution in [-0.2, 0) is 4.79 Å². The van der Waals surface area contributed by atoms with Crippen molar-refractivity contribution >= 4 is 38.3 Å². The van der Waals surface area contributed by atoms with Gasteiger partial charge >= 0.3 is 0 Å². The molecule has 1 saturated heterocycles. The van der Waals surface area contributed by atoms with Crippen LogP contribution in [0.3, 0.4) is 0 Å². The lowest BCUT2D eigenvalue weighted by Gasteiger charge is -2.07. The quantitative estimate of drug-likeness (QED) is 0.890. The molecule has 2 heterocycles. The van der Waals surface area contributed by atoms with E-state index in [1.807, 2.05) is 24.3 Å². The highest BCUT2D eigenvalue weighted by atomic mass is 79.9. The van der Waals surface area contributed by atoms with Crippen LogP contribution < -0.4 is 10.6 Å². The molecule has 7 heteroatoms. The molecule has 104 valence electrons. The number of carbonyl (C=O) groups is 1. The SMILES string of the molecule is O=C(Nc1nnc(-c2cccc(Br)c2)s1)[C@@H]1CCCN1. The second-order valence-corrected chi connectivity index (χ2v) is 6.45. The van der Waals surface area contributed by atoms with Gasteiger partial charge in [0.25, 0.3) is 0 Å². The summed E-state index contributed by atoms with van der Waals surface area (Å²) in [7, 11) is 0. The number of nitrogens with one attached hydrogen (secondary N) is 2. The Hall–Kier alpha value is -1.31. The molecule has 1 aliphatic rings. The molecule has 0 radical (unpaired) electrons. The molecule has 0 bridgehead atoms. The summed E-state index contributed by atoms with van der Waals surface area (Å²) < 4.78 is 0.992. The number of anilines is 1. The maximum Gasteiger partial charge on any atom is 0.243 e. The van der Waals surface area contributed by atoms with E-state index in [1.54, 1.807) is 0 Å². The first-order valence-electron chi connectivity index (χ1n) is 6.36. The van der Waals surface area contributed by atoms with Crippen LogP contribution in [0, 0.1) is 0 Å². The average molecular weight is 353 g/mol. The highest BCUT2D eigenvalue weighted by Gasteiger charge is 2.23. The van der Waals surface area contributed by atoms with Crippen LogP contribution in [0.1, 0.15) is 12.8 Å². The van der Waals surface area contributed by atoms with Crippen molar-refractivity contribution in [1.82, 2.24) is 15.5 Å². The van der Waals surface area contributed by atoms with E-state index in [2.05, 4.69) is 36.8 Å². The smallest absolute Gasteiger partial charge is 0.243 e. The van der Waals surface area contributed by atoms with Gasteiger partial charge in [-0.2, -0.15) is 0 Å². The molecule has 0 spiro atoms. The zero-order chi connectivity index (χ0) is 13.9. The molecule has 1 aliphatic heterocycles. The van der Waals surface area contributed by atoms with Crippen LogP contribution in [0.15, 0.2) is 28.7 Å². The Balaban J connectivity index is 1.72. The number of hydrogen-bond donors (Lipinski definition) is 2. The van der Waals surface area contributed by atoms with Gasteiger partial charge in [0.2, 0.25) is 11.0 Å². The fourth-order valence-electron chi connectivity index (χ4n) is 2.11. The molecule has 1 atom stereocenters. The molecule has 0 aliphatic carbocycles. The van der Waals surface area contributed by atoms with Gasteiger partial charge in [-0.15, -0.1) is 10.2 Å². The van der Waals surface area contributed by atoms with Crippen molar-refractivity contribution in [2.45, 2.75) is 18.9 Å². The van der Waals surface area contributed by atoms with Gasteiger partial charge in [-0.1, -0.05) is 39.4 Å². The van der Waals surface area contributed by atoms with Crippen molar-refractivity contribution in [1.29, 1.82) is 0 Å². The molecule has 0 saturated carbocycles. The van der Waals surface area contributed by atoms with Crippen LogP contribution in [0.4, 0.5) is 5.13 Å². The van der Waals surface area contributed by atoms with Crippen LogP contribution in [0.2, 0.25) is 0 Å². The standard InChI is InChI=1S/C13H13BrN4OS/c14-9-4-1-3-8(7-9)12-17-18-13(20-12)16-11(19)10-5-2-6-15-10/h1,3-4,7,10,15H,2,5-6H2,(H,16,18,19)/t10-/m0/s1. The third kappa shape index (κ3) is 3.05. The van der Waals surface area contributed by atoms with Crippen LogP contribution in [0.25, 0.3) is 10.6 Å². The Morgan fingerprint density at radius 1 is 1.45 bits per heavy atom. The van der Waals surface area contributed by atoms with Crippen molar-refractivity contribution in [3.05, 3.63) is 28.7 Å². The molecule has 3 rings (SSSR count). The van der Waals surface area contributed by atoms with Crippen LogP contribution in [-0.4, -0.2) is 28.7 Å². The third-order valence-corrected chi connectivity index (χ3v) is 4.48. The Labute approximate surface area is 128 Å². The van der Waals surface area contributed by atoms with E-state index in [4.69, 9.17) is 0 Å². The summed E-state index contributed by atoms with van der Waals surface area (Å²) in [5.41, 5.74) is 0.983. The number of aromatic nitrogens is 2. The fraction of sp³-hybridized carbons (Fsp3) is 0.308. The van der Waals surface area contributed by atoms with Crippen molar-refractivity contribution < 1.29 is 4.79 Å². The second kappa shape index (κ2) is 5.99. The minimum atomic E-state index is -0.104. The number of nitrogens with zero attached hydrogens (tertiary/aromatic N) is 2.